The average Bonchev–Trinajstić information content (AvgIpc) is 2.99. The third kappa shape index (κ3) is 2.69. The van der Waals surface area contributed by atoms with Gasteiger partial charge in [-0.05, 0) is 41.6 Å². The van der Waals surface area contributed by atoms with E-state index in [-0.39, 0.29) is 12.0 Å². The van der Waals surface area contributed by atoms with Crippen molar-refractivity contribution in [1.82, 2.24) is 0 Å². The molecular weight excluding hydrogens is 272 g/mol. The number of thiophene rings is 1. The minimum Gasteiger partial charge on any atom is -0.484 e. The van der Waals surface area contributed by atoms with E-state index in [2.05, 4.69) is 5.32 Å². The van der Waals surface area contributed by atoms with E-state index in [9.17, 15) is 4.79 Å². The second kappa shape index (κ2) is 5.64. The molecule has 0 fully saturated rings. The standard InChI is InChI=1S/C15H16N2O2S/c16-9-13(14-2-1-7-20-14)19-11-4-5-12-10(8-11)3-6-15(18)17-12/h1-2,4-5,7-8,13H,3,6,9,16H2,(H,17,18). The highest BCUT2D eigenvalue weighted by Crippen LogP contribution is 2.30. The van der Waals surface area contributed by atoms with Gasteiger partial charge in [0, 0.05) is 23.5 Å². The van der Waals surface area contributed by atoms with Crippen LogP contribution in [0.2, 0.25) is 0 Å². The van der Waals surface area contributed by atoms with Crippen molar-refractivity contribution in [2.75, 3.05) is 11.9 Å². The minimum atomic E-state index is -0.119. The Morgan fingerprint density at radius 2 is 2.25 bits per heavy atom. The predicted molar refractivity (Wildman–Crippen MR) is 80.1 cm³/mol. The molecule has 1 aliphatic heterocycles. The van der Waals surface area contributed by atoms with E-state index in [1.807, 2.05) is 35.7 Å². The van der Waals surface area contributed by atoms with Gasteiger partial charge in [-0.3, -0.25) is 4.79 Å². The zero-order chi connectivity index (χ0) is 13.9. The first-order valence-electron chi connectivity index (χ1n) is 6.59. The van der Waals surface area contributed by atoms with Crippen LogP contribution in [0.3, 0.4) is 0 Å². The van der Waals surface area contributed by atoms with Gasteiger partial charge in [-0.25, -0.2) is 0 Å². The molecule has 1 aliphatic rings. The number of carbonyl (C=O) groups is 1. The molecular formula is C15H16N2O2S. The third-order valence-corrected chi connectivity index (χ3v) is 4.29. The third-order valence-electron chi connectivity index (χ3n) is 3.33. The molecule has 0 saturated carbocycles. The molecule has 0 radical (unpaired) electrons. The van der Waals surface area contributed by atoms with Crippen LogP contribution < -0.4 is 15.8 Å². The van der Waals surface area contributed by atoms with Gasteiger partial charge in [0.2, 0.25) is 5.91 Å². The van der Waals surface area contributed by atoms with Gasteiger partial charge < -0.3 is 15.8 Å². The molecule has 5 heteroatoms. The molecule has 2 heterocycles. The van der Waals surface area contributed by atoms with Crippen LogP contribution in [0.25, 0.3) is 0 Å². The molecule has 1 unspecified atom stereocenters. The Morgan fingerprint density at radius 1 is 1.35 bits per heavy atom. The second-order valence-corrected chi connectivity index (χ2v) is 5.70. The quantitative estimate of drug-likeness (QED) is 0.909. The van der Waals surface area contributed by atoms with Gasteiger partial charge in [0.05, 0.1) is 0 Å². The van der Waals surface area contributed by atoms with Gasteiger partial charge >= 0.3 is 0 Å². The number of nitrogens with one attached hydrogen (secondary N) is 1. The van der Waals surface area contributed by atoms with Crippen LogP contribution in [0.15, 0.2) is 35.7 Å². The maximum absolute atomic E-state index is 11.3. The second-order valence-electron chi connectivity index (χ2n) is 4.72. The summed E-state index contributed by atoms with van der Waals surface area (Å²) in [6.45, 7) is 0.439. The number of carbonyl (C=O) groups excluding carboxylic acids is 1. The number of hydrogen-bond donors (Lipinski definition) is 2. The summed E-state index contributed by atoms with van der Waals surface area (Å²) in [5, 5.41) is 4.88. The zero-order valence-electron chi connectivity index (χ0n) is 11.0. The largest absolute Gasteiger partial charge is 0.484 e. The van der Waals surface area contributed by atoms with Crippen molar-refractivity contribution in [2.45, 2.75) is 18.9 Å². The van der Waals surface area contributed by atoms with E-state index in [1.165, 1.54) is 0 Å². The molecule has 3 rings (SSSR count). The molecule has 1 aromatic heterocycles. The number of hydrogen-bond acceptors (Lipinski definition) is 4. The van der Waals surface area contributed by atoms with Gasteiger partial charge in [0.25, 0.3) is 0 Å². The number of amides is 1. The smallest absolute Gasteiger partial charge is 0.224 e. The first-order valence-corrected chi connectivity index (χ1v) is 7.47. The lowest BCUT2D eigenvalue weighted by Crippen LogP contribution is -2.20. The van der Waals surface area contributed by atoms with E-state index in [0.29, 0.717) is 13.0 Å². The fourth-order valence-corrected chi connectivity index (χ4v) is 3.06. The summed E-state index contributed by atoms with van der Waals surface area (Å²) in [6, 6.07) is 9.78. The van der Waals surface area contributed by atoms with Crippen LogP contribution in [0.4, 0.5) is 5.69 Å². The van der Waals surface area contributed by atoms with E-state index < -0.39 is 0 Å². The maximum atomic E-state index is 11.3. The lowest BCUT2D eigenvalue weighted by Gasteiger charge is -2.20. The molecule has 1 amide bonds. The van der Waals surface area contributed by atoms with E-state index in [0.717, 1.165) is 28.3 Å². The monoisotopic (exact) mass is 288 g/mol. The van der Waals surface area contributed by atoms with Gasteiger partial charge in [0.1, 0.15) is 11.9 Å². The number of nitrogens with two attached hydrogens (primary N) is 1. The fraction of sp³-hybridized carbons (Fsp3) is 0.267. The fourth-order valence-electron chi connectivity index (χ4n) is 2.29. The van der Waals surface area contributed by atoms with Gasteiger partial charge in [-0.2, -0.15) is 0 Å². The molecule has 2 aromatic rings. The van der Waals surface area contributed by atoms with Crippen molar-refractivity contribution in [3.05, 3.63) is 46.2 Å². The highest BCUT2D eigenvalue weighted by Gasteiger charge is 2.17. The van der Waals surface area contributed by atoms with Crippen LogP contribution in [0, 0.1) is 0 Å². The molecule has 0 aliphatic carbocycles. The summed E-state index contributed by atoms with van der Waals surface area (Å²) in [5.74, 6) is 0.869. The summed E-state index contributed by atoms with van der Waals surface area (Å²) in [5.41, 5.74) is 7.79. The Kier molecular flexibility index (Phi) is 3.71. The molecule has 0 saturated heterocycles. The van der Waals surface area contributed by atoms with E-state index >= 15 is 0 Å². The molecule has 104 valence electrons. The summed E-state index contributed by atoms with van der Waals surface area (Å²) < 4.78 is 5.97. The summed E-state index contributed by atoms with van der Waals surface area (Å²) in [4.78, 5) is 12.5. The Balaban J connectivity index is 1.79. The molecule has 1 atom stereocenters. The SMILES string of the molecule is NCC(Oc1ccc2c(c1)CCC(=O)N2)c1cccs1. The van der Waals surface area contributed by atoms with Gasteiger partial charge in [0.15, 0.2) is 0 Å². The van der Waals surface area contributed by atoms with Crippen molar-refractivity contribution in [1.29, 1.82) is 0 Å². The Labute approximate surface area is 121 Å². The minimum absolute atomic E-state index is 0.0737. The highest BCUT2D eigenvalue weighted by atomic mass is 32.1. The molecule has 4 nitrogen and oxygen atoms in total. The zero-order valence-corrected chi connectivity index (χ0v) is 11.8. The van der Waals surface area contributed by atoms with E-state index in [4.69, 9.17) is 10.5 Å². The van der Waals surface area contributed by atoms with Crippen LogP contribution in [0.1, 0.15) is 23.0 Å². The number of anilines is 1. The molecule has 20 heavy (non-hydrogen) atoms. The molecule has 0 spiro atoms. The van der Waals surface area contributed by atoms with Crippen molar-refractivity contribution >= 4 is 22.9 Å². The van der Waals surface area contributed by atoms with Crippen molar-refractivity contribution in [2.24, 2.45) is 5.73 Å². The van der Waals surface area contributed by atoms with Crippen LogP contribution in [0.5, 0.6) is 5.75 Å². The molecule has 1 aromatic carbocycles. The summed E-state index contributed by atoms with van der Waals surface area (Å²) >= 11 is 1.64. The lowest BCUT2D eigenvalue weighted by atomic mass is 10.0. The number of rotatable bonds is 4. The average molecular weight is 288 g/mol. The van der Waals surface area contributed by atoms with Gasteiger partial charge in [-0.1, -0.05) is 6.07 Å². The highest BCUT2D eigenvalue weighted by molar-refractivity contribution is 7.10. The Morgan fingerprint density at radius 3 is 3.00 bits per heavy atom. The van der Waals surface area contributed by atoms with Crippen LogP contribution >= 0.6 is 11.3 Å². The van der Waals surface area contributed by atoms with Crippen LogP contribution in [-0.2, 0) is 11.2 Å². The Bertz CT molecular complexity index is 610. The normalized spacial score (nSPS) is 15.3. The predicted octanol–water partition coefficient (Wildman–Crippen LogP) is 2.71. The van der Waals surface area contributed by atoms with Crippen LogP contribution in [-0.4, -0.2) is 12.5 Å². The number of ether oxygens (including phenoxy) is 1. The Hall–Kier alpha value is -1.85. The first kappa shape index (κ1) is 13.1. The first-order chi connectivity index (χ1) is 9.76. The van der Waals surface area contributed by atoms with Crippen molar-refractivity contribution in [3.63, 3.8) is 0 Å². The molecule has 3 N–H and O–H groups in total. The maximum Gasteiger partial charge on any atom is 0.224 e. The lowest BCUT2D eigenvalue weighted by molar-refractivity contribution is -0.116. The molecule has 0 bridgehead atoms. The summed E-state index contributed by atoms with van der Waals surface area (Å²) in [7, 11) is 0. The number of benzene rings is 1. The number of fused-ring (bicyclic) bond motifs is 1. The topological polar surface area (TPSA) is 64.3 Å². The van der Waals surface area contributed by atoms with Crippen molar-refractivity contribution < 1.29 is 9.53 Å². The van der Waals surface area contributed by atoms with E-state index in [1.54, 1.807) is 11.3 Å². The number of aryl methyl sites for hydroxylation is 1. The van der Waals surface area contributed by atoms with Gasteiger partial charge in [-0.15, -0.1) is 11.3 Å². The summed E-state index contributed by atoms with van der Waals surface area (Å²) in [6.07, 6.45) is 1.16. The van der Waals surface area contributed by atoms with Crippen molar-refractivity contribution in [3.8, 4) is 5.75 Å².